The fourth-order valence-electron chi connectivity index (χ4n) is 8.58. The maximum absolute atomic E-state index is 12.7. The zero-order chi connectivity index (χ0) is 40.5. The van der Waals surface area contributed by atoms with Gasteiger partial charge < -0.3 is 18.8 Å². The van der Waals surface area contributed by atoms with Crippen LogP contribution in [0.4, 0.5) is 0 Å². The van der Waals surface area contributed by atoms with E-state index >= 15 is 0 Å². The summed E-state index contributed by atoms with van der Waals surface area (Å²) >= 11 is 8.83. The molecule has 6 aromatic rings. The van der Waals surface area contributed by atoms with E-state index in [4.69, 9.17) is 31.0 Å². The standard InChI is InChI=1S/C44H50ClN5O5SSi/c1-29-39-36(49(42(29)43(52)53)24-22-38(51)54-6)21-20-34(45)40(39)41-35(47-50-23-14-13-19-37(41)50)28-56-27-30-25-31(48(5)46-30)26-55-57(44(2,3)4,32-15-9-7-10-16-32)33-17-11-8-12-18-33/h7-12,15-18,20-21,25H,13-14,19,22-24,26-28H2,1-6H3,(H,52,53). The van der Waals surface area contributed by atoms with Crippen LogP contribution in [0.15, 0.2) is 78.9 Å². The second-order valence-corrected chi connectivity index (χ2v) is 21.4. The van der Waals surface area contributed by atoms with Crippen molar-refractivity contribution in [1.82, 2.24) is 24.1 Å². The molecule has 0 spiro atoms. The van der Waals surface area contributed by atoms with Gasteiger partial charge in [-0.25, -0.2) is 4.79 Å². The molecule has 57 heavy (non-hydrogen) atoms. The average Bonchev–Trinajstić information content (AvgIpc) is 3.84. The van der Waals surface area contributed by atoms with E-state index in [1.54, 1.807) is 16.3 Å². The monoisotopic (exact) mass is 823 g/mol. The summed E-state index contributed by atoms with van der Waals surface area (Å²) in [5.74, 6) is -0.189. The molecular weight excluding hydrogens is 774 g/mol. The highest BCUT2D eigenvalue weighted by Gasteiger charge is 2.50. The van der Waals surface area contributed by atoms with Crippen LogP contribution in [0.1, 0.15) is 78.9 Å². The van der Waals surface area contributed by atoms with Crippen molar-refractivity contribution in [2.24, 2.45) is 7.05 Å². The van der Waals surface area contributed by atoms with E-state index in [1.807, 2.05) is 30.8 Å². The zero-order valence-corrected chi connectivity index (χ0v) is 36.0. The molecule has 3 aromatic heterocycles. The topological polar surface area (TPSA) is 113 Å². The Bertz CT molecular complexity index is 2380. The summed E-state index contributed by atoms with van der Waals surface area (Å²) in [6.07, 6.45) is 2.97. The summed E-state index contributed by atoms with van der Waals surface area (Å²) in [6.45, 7) is 10.1. The van der Waals surface area contributed by atoms with E-state index < -0.39 is 20.3 Å². The van der Waals surface area contributed by atoms with Gasteiger partial charge in [-0.15, -0.1) is 11.8 Å². The van der Waals surface area contributed by atoms with Gasteiger partial charge in [0.2, 0.25) is 0 Å². The van der Waals surface area contributed by atoms with Crippen molar-refractivity contribution in [3.05, 3.63) is 118 Å². The van der Waals surface area contributed by atoms with Crippen LogP contribution in [-0.2, 0) is 58.6 Å². The number of aryl methyl sites for hydroxylation is 4. The molecule has 7 rings (SSSR count). The highest BCUT2D eigenvalue weighted by Crippen LogP contribution is 2.44. The fraction of sp³-hybridized carbons (Fsp3) is 0.364. The fourth-order valence-corrected chi connectivity index (χ4v) is 14.2. The van der Waals surface area contributed by atoms with Crippen molar-refractivity contribution < 1.29 is 23.9 Å². The first-order valence-electron chi connectivity index (χ1n) is 19.4. The largest absolute Gasteiger partial charge is 0.477 e. The number of fused-ring (bicyclic) bond motifs is 2. The third kappa shape index (κ3) is 7.72. The van der Waals surface area contributed by atoms with Gasteiger partial charge in [0, 0.05) is 64.4 Å². The molecule has 0 atom stereocenters. The molecule has 298 valence electrons. The van der Waals surface area contributed by atoms with Crippen LogP contribution in [-0.4, -0.2) is 56.6 Å². The quantitative estimate of drug-likeness (QED) is 0.0863. The predicted octanol–water partition coefficient (Wildman–Crippen LogP) is 8.31. The van der Waals surface area contributed by atoms with Crippen molar-refractivity contribution in [1.29, 1.82) is 0 Å². The van der Waals surface area contributed by atoms with Gasteiger partial charge in [0.25, 0.3) is 8.32 Å². The van der Waals surface area contributed by atoms with E-state index in [2.05, 4.69) is 92.2 Å². The van der Waals surface area contributed by atoms with Gasteiger partial charge in [-0.05, 0) is 65.4 Å². The van der Waals surface area contributed by atoms with Gasteiger partial charge in [0.05, 0.1) is 37.2 Å². The smallest absolute Gasteiger partial charge is 0.352 e. The van der Waals surface area contributed by atoms with E-state index in [1.165, 1.54) is 17.5 Å². The molecule has 0 radical (unpaired) electrons. The number of aromatic carboxylic acids is 1. The van der Waals surface area contributed by atoms with Crippen LogP contribution in [0.2, 0.25) is 10.1 Å². The number of carbonyl (C=O) groups excluding carboxylic acids is 1. The van der Waals surface area contributed by atoms with Crippen LogP contribution in [0.5, 0.6) is 0 Å². The third-order valence-corrected chi connectivity index (χ3v) is 17.5. The van der Waals surface area contributed by atoms with Crippen LogP contribution in [0.3, 0.4) is 0 Å². The maximum Gasteiger partial charge on any atom is 0.352 e. The number of hydrogen-bond donors (Lipinski definition) is 1. The summed E-state index contributed by atoms with van der Waals surface area (Å²) in [5.41, 5.74) is 7.23. The van der Waals surface area contributed by atoms with Crippen molar-refractivity contribution in [3.8, 4) is 11.1 Å². The molecule has 10 nitrogen and oxygen atoms in total. The molecule has 0 saturated carbocycles. The minimum absolute atomic E-state index is 0.0455. The number of carbonyl (C=O) groups is 2. The highest BCUT2D eigenvalue weighted by molar-refractivity contribution is 7.97. The Kier molecular flexibility index (Phi) is 11.9. The molecule has 3 aromatic carbocycles. The number of hydrogen-bond acceptors (Lipinski definition) is 7. The maximum atomic E-state index is 12.7. The molecule has 1 N–H and O–H groups in total. The number of rotatable bonds is 14. The molecular formula is C44H50ClN5O5SSi. The molecule has 13 heteroatoms. The summed E-state index contributed by atoms with van der Waals surface area (Å²) in [4.78, 5) is 24.8. The van der Waals surface area contributed by atoms with E-state index in [0.29, 0.717) is 34.2 Å². The number of aromatic nitrogens is 5. The molecule has 0 saturated heterocycles. The van der Waals surface area contributed by atoms with Gasteiger partial charge in [-0.1, -0.05) is 93.0 Å². The van der Waals surface area contributed by atoms with E-state index in [0.717, 1.165) is 65.1 Å². The Morgan fingerprint density at radius 2 is 1.63 bits per heavy atom. The third-order valence-electron chi connectivity index (χ3n) is 11.2. The summed E-state index contributed by atoms with van der Waals surface area (Å²) in [6, 6.07) is 27.2. The number of nitrogens with zero attached hydrogens (tertiary/aromatic N) is 5. The Balaban J connectivity index is 1.18. The normalized spacial score (nSPS) is 13.2. The van der Waals surface area contributed by atoms with E-state index in [9.17, 15) is 14.7 Å². The summed E-state index contributed by atoms with van der Waals surface area (Å²) < 4.78 is 17.8. The number of methoxy groups -OCH3 is 1. The Morgan fingerprint density at radius 1 is 0.947 bits per heavy atom. The van der Waals surface area contributed by atoms with Crippen molar-refractivity contribution in [3.63, 3.8) is 0 Å². The number of halogens is 1. The van der Waals surface area contributed by atoms with Gasteiger partial charge in [0.15, 0.2) is 0 Å². The number of carboxylic acids is 1. The number of ether oxygens (including phenoxy) is 1. The second-order valence-electron chi connectivity index (χ2n) is 15.7. The number of benzene rings is 3. The molecule has 4 heterocycles. The Labute approximate surface area is 344 Å². The van der Waals surface area contributed by atoms with Gasteiger partial charge in [-0.2, -0.15) is 10.2 Å². The van der Waals surface area contributed by atoms with Crippen molar-refractivity contribution in [2.75, 3.05) is 7.11 Å². The molecule has 1 aliphatic rings. The molecule has 0 bridgehead atoms. The first-order chi connectivity index (χ1) is 27.4. The average molecular weight is 825 g/mol. The minimum atomic E-state index is -2.73. The van der Waals surface area contributed by atoms with Gasteiger partial charge in [0.1, 0.15) is 5.69 Å². The summed E-state index contributed by atoms with van der Waals surface area (Å²) in [7, 11) is 0.582. The second kappa shape index (κ2) is 16.7. The first-order valence-corrected chi connectivity index (χ1v) is 22.8. The molecule has 1 aliphatic heterocycles. The lowest BCUT2D eigenvalue weighted by molar-refractivity contribution is -0.140. The Hall–Kier alpha value is -4.62. The molecule has 0 aliphatic carbocycles. The SMILES string of the molecule is COC(=O)CCn1c(C(=O)O)c(C)c2c(-c3c(CSCc4cc(CO[Si](c5ccccc5)(c5ccccc5)C(C)(C)C)n(C)n4)nn4c3CCCC4)c(Cl)ccc21. The molecule has 0 unspecified atom stereocenters. The highest BCUT2D eigenvalue weighted by atomic mass is 35.5. The Morgan fingerprint density at radius 3 is 2.26 bits per heavy atom. The zero-order valence-electron chi connectivity index (χ0n) is 33.5. The van der Waals surface area contributed by atoms with Crippen molar-refractivity contribution >= 4 is 64.9 Å². The van der Waals surface area contributed by atoms with Crippen molar-refractivity contribution in [2.45, 2.75) is 89.6 Å². The lowest BCUT2D eigenvalue weighted by Gasteiger charge is -2.43. The number of carboxylic acid groups (broad SMARTS) is 1. The van der Waals surface area contributed by atoms with Crippen LogP contribution in [0, 0.1) is 6.92 Å². The first kappa shape index (κ1) is 40.6. The van der Waals surface area contributed by atoms with Crippen LogP contribution < -0.4 is 10.4 Å². The van der Waals surface area contributed by atoms with Gasteiger partial charge >= 0.3 is 11.9 Å². The number of esters is 1. The lowest BCUT2D eigenvalue weighted by atomic mass is 9.94. The van der Waals surface area contributed by atoms with E-state index in [-0.39, 0.29) is 23.7 Å². The van der Waals surface area contributed by atoms with Gasteiger partial charge in [-0.3, -0.25) is 14.2 Å². The molecule has 0 fully saturated rings. The van der Waals surface area contributed by atoms with Crippen LogP contribution in [0.25, 0.3) is 22.0 Å². The van der Waals surface area contributed by atoms with Crippen LogP contribution >= 0.6 is 23.4 Å². The minimum Gasteiger partial charge on any atom is -0.477 e. The lowest BCUT2D eigenvalue weighted by Crippen LogP contribution is -2.66. The summed E-state index contributed by atoms with van der Waals surface area (Å²) in [5, 5.41) is 24.1. The number of thioether (sulfide) groups is 1. The predicted molar refractivity (Wildman–Crippen MR) is 230 cm³/mol. The molecule has 0 amide bonds.